The molecule has 1 aromatic rings. The van der Waals surface area contributed by atoms with Crippen LogP contribution in [0.2, 0.25) is 0 Å². The first kappa shape index (κ1) is 13.4. The summed E-state index contributed by atoms with van der Waals surface area (Å²) < 4.78 is 10.5. The largest absolute Gasteiger partial charge is 0.493 e. The number of rotatable bonds is 5. The standard InChI is InChI=1S/C13H18O4/c1-8-7-11(16-3)13(17-4)9(2)10(8)5-6-12(14)15/h7H,5-6H2,1-4H3,(H,14,15). The third kappa shape index (κ3) is 2.90. The first-order valence-corrected chi connectivity index (χ1v) is 5.44. The monoisotopic (exact) mass is 238 g/mol. The summed E-state index contributed by atoms with van der Waals surface area (Å²) in [6.07, 6.45) is 0.629. The lowest BCUT2D eigenvalue weighted by Crippen LogP contribution is -2.04. The molecule has 94 valence electrons. The van der Waals surface area contributed by atoms with E-state index >= 15 is 0 Å². The van der Waals surface area contributed by atoms with Crippen LogP contribution in [0.15, 0.2) is 6.07 Å². The van der Waals surface area contributed by atoms with E-state index in [1.807, 2.05) is 19.9 Å². The number of aryl methyl sites for hydroxylation is 1. The SMILES string of the molecule is COc1cc(C)c(CCC(=O)O)c(C)c1OC. The molecule has 0 aliphatic rings. The Balaban J connectivity index is 3.17. The van der Waals surface area contributed by atoms with Gasteiger partial charge in [-0.25, -0.2) is 0 Å². The lowest BCUT2D eigenvalue weighted by atomic mass is 9.97. The van der Waals surface area contributed by atoms with Gasteiger partial charge in [-0.3, -0.25) is 4.79 Å². The third-order valence-corrected chi connectivity index (χ3v) is 2.85. The molecule has 0 aliphatic heterocycles. The minimum Gasteiger partial charge on any atom is -0.493 e. The highest BCUT2D eigenvalue weighted by atomic mass is 16.5. The lowest BCUT2D eigenvalue weighted by Gasteiger charge is -2.16. The zero-order chi connectivity index (χ0) is 13.0. The minimum atomic E-state index is -0.793. The highest BCUT2D eigenvalue weighted by Gasteiger charge is 2.14. The normalized spacial score (nSPS) is 10.1. The Bertz CT molecular complexity index is 424. The topological polar surface area (TPSA) is 55.8 Å². The van der Waals surface area contributed by atoms with Crippen molar-refractivity contribution < 1.29 is 19.4 Å². The van der Waals surface area contributed by atoms with E-state index in [0.717, 1.165) is 16.7 Å². The Labute approximate surface area is 101 Å². The molecule has 0 atom stereocenters. The fourth-order valence-electron chi connectivity index (χ4n) is 1.99. The number of ether oxygens (including phenoxy) is 2. The van der Waals surface area contributed by atoms with E-state index in [-0.39, 0.29) is 6.42 Å². The molecule has 0 fully saturated rings. The summed E-state index contributed by atoms with van der Waals surface area (Å²) in [6, 6.07) is 1.88. The average molecular weight is 238 g/mol. The molecule has 0 aliphatic carbocycles. The maximum Gasteiger partial charge on any atom is 0.303 e. The van der Waals surface area contributed by atoms with E-state index < -0.39 is 5.97 Å². The van der Waals surface area contributed by atoms with Crippen molar-refractivity contribution in [2.45, 2.75) is 26.7 Å². The zero-order valence-corrected chi connectivity index (χ0v) is 10.7. The van der Waals surface area contributed by atoms with E-state index in [1.165, 1.54) is 0 Å². The summed E-state index contributed by atoms with van der Waals surface area (Å²) in [6.45, 7) is 3.87. The smallest absolute Gasteiger partial charge is 0.303 e. The molecule has 0 radical (unpaired) electrons. The van der Waals surface area contributed by atoms with Crippen molar-refractivity contribution in [3.63, 3.8) is 0 Å². The van der Waals surface area contributed by atoms with Crippen molar-refractivity contribution in [1.82, 2.24) is 0 Å². The number of carboxylic acid groups (broad SMARTS) is 1. The quantitative estimate of drug-likeness (QED) is 0.855. The van der Waals surface area contributed by atoms with Crippen molar-refractivity contribution in [2.24, 2.45) is 0 Å². The first-order valence-electron chi connectivity index (χ1n) is 5.44. The molecule has 0 spiro atoms. The summed E-state index contributed by atoms with van der Waals surface area (Å²) in [5.74, 6) is 0.568. The first-order chi connectivity index (χ1) is 8.01. The van der Waals surface area contributed by atoms with Crippen LogP contribution in [0.25, 0.3) is 0 Å². The molecule has 1 aromatic carbocycles. The van der Waals surface area contributed by atoms with Crippen LogP contribution in [0.5, 0.6) is 11.5 Å². The van der Waals surface area contributed by atoms with Crippen molar-refractivity contribution in [1.29, 1.82) is 0 Å². The van der Waals surface area contributed by atoms with Crippen LogP contribution in [0.4, 0.5) is 0 Å². The second kappa shape index (κ2) is 5.57. The van der Waals surface area contributed by atoms with Crippen molar-refractivity contribution in [3.05, 3.63) is 22.8 Å². The van der Waals surface area contributed by atoms with Crippen LogP contribution in [-0.2, 0) is 11.2 Å². The van der Waals surface area contributed by atoms with Gasteiger partial charge in [0.25, 0.3) is 0 Å². The summed E-state index contributed by atoms with van der Waals surface area (Å²) in [4.78, 5) is 10.6. The Morgan fingerprint density at radius 1 is 1.29 bits per heavy atom. The van der Waals surface area contributed by atoms with Gasteiger partial charge in [0.2, 0.25) is 0 Å². The van der Waals surface area contributed by atoms with E-state index in [1.54, 1.807) is 14.2 Å². The van der Waals surface area contributed by atoms with Crippen molar-refractivity contribution >= 4 is 5.97 Å². The highest BCUT2D eigenvalue weighted by Crippen LogP contribution is 2.35. The molecule has 0 saturated carbocycles. The Kier molecular flexibility index (Phi) is 4.37. The van der Waals surface area contributed by atoms with Gasteiger partial charge >= 0.3 is 5.97 Å². The molecule has 0 saturated heterocycles. The number of benzene rings is 1. The predicted molar refractivity (Wildman–Crippen MR) is 65.0 cm³/mol. The summed E-state index contributed by atoms with van der Waals surface area (Å²) in [5.41, 5.74) is 3.00. The number of hydrogen-bond donors (Lipinski definition) is 1. The Hall–Kier alpha value is -1.71. The van der Waals surface area contributed by atoms with Crippen LogP contribution >= 0.6 is 0 Å². The van der Waals surface area contributed by atoms with Gasteiger partial charge in [-0.2, -0.15) is 0 Å². The summed E-state index contributed by atoms with van der Waals surface area (Å²) >= 11 is 0. The number of methoxy groups -OCH3 is 2. The molecule has 0 unspecified atom stereocenters. The molecule has 17 heavy (non-hydrogen) atoms. The minimum absolute atomic E-state index is 0.122. The number of aliphatic carboxylic acids is 1. The Morgan fingerprint density at radius 2 is 1.94 bits per heavy atom. The molecule has 4 nitrogen and oxygen atoms in total. The van der Waals surface area contributed by atoms with Crippen LogP contribution in [-0.4, -0.2) is 25.3 Å². The number of carboxylic acids is 1. The molecule has 1 rings (SSSR count). The van der Waals surface area contributed by atoms with Gasteiger partial charge in [0, 0.05) is 6.42 Å². The van der Waals surface area contributed by atoms with Gasteiger partial charge in [-0.1, -0.05) is 0 Å². The number of hydrogen-bond acceptors (Lipinski definition) is 3. The van der Waals surface area contributed by atoms with Gasteiger partial charge in [0.15, 0.2) is 11.5 Å². The van der Waals surface area contributed by atoms with E-state index in [2.05, 4.69) is 0 Å². The fourth-order valence-corrected chi connectivity index (χ4v) is 1.99. The predicted octanol–water partition coefficient (Wildman–Crippen LogP) is 2.34. The van der Waals surface area contributed by atoms with Gasteiger partial charge in [0.05, 0.1) is 14.2 Å². The molecule has 4 heteroatoms. The van der Waals surface area contributed by atoms with Crippen LogP contribution in [0, 0.1) is 13.8 Å². The maximum atomic E-state index is 10.6. The van der Waals surface area contributed by atoms with Crippen molar-refractivity contribution in [2.75, 3.05) is 14.2 Å². The summed E-state index contributed by atoms with van der Waals surface area (Å²) in [5, 5.41) is 8.73. The van der Waals surface area contributed by atoms with E-state index in [9.17, 15) is 4.79 Å². The Morgan fingerprint density at radius 3 is 2.41 bits per heavy atom. The van der Waals surface area contributed by atoms with Gasteiger partial charge < -0.3 is 14.6 Å². The van der Waals surface area contributed by atoms with Crippen LogP contribution < -0.4 is 9.47 Å². The highest BCUT2D eigenvalue weighted by molar-refractivity contribution is 5.67. The lowest BCUT2D eigenvalue weighted by molar-refractivity contribution is -0.136. The second-order valence-electron chi connectivity index (χ2n) is 3.93. The van der Waals surface area contributed by atoms with E-state index in [0.29, 0.717) is 17.9 Å². The molecule has 1 N–H and O–H groups in total. The fraction of sp³-hybridized carbons (Fsp3) is 0.462. The molecule has 0 heterocycles. The molecular formula is C13H18O4. The average Bonchev–Trinajstić information content (AvgIpc) is 2.27. The zero-order valence-electron chi connectivity index (χ0n) is 10.7. The van der Waals surface area contributed by atoms with Gasteiger partial charge in [0.1, 0.15) is 0 Å². The van der Waals surface area contributed by atoms with Crippen LogP contribution in [0.1, 0.15) is 23.1 Å². The molecule has 0 amide bonds. The number of carbonyl (C=O) groups is 1. The third-order valence-electron chi connectivity index (χ3n) is 2.85. The van der Waals surface area contributed by atoms with Crippen LogP contribution in [0.3, 0.4) is 0 Å². The second-order valence-corrected chi connectivity index (χ2v) is 3.93. The van der Waals surface area contributed by atoms with Crippen molar-refractivity contribution in [3.8, 4) is 11.5 Å². The maximum absolute atomic E-state index is 10.6. The summed E-state index contributed by atoms with van der Waals surface area (Å²) in [7, 11) is 3.18. The molecule has 0 bridgehead atoms. The van der Waals surface area contributed by atoms with E-state index in [4.69, 9.17) is 14.6 Å². The van der Waals surface area contributed by atoms with Gasteiger partial charge in [-0.05, 0) is 43.0 Å². The van der Waals surface area contributed by atoms with Gasteiger partial charge in [-0.15, -0.1) is 0 Å². The molecule has 0 aromatic heterocycles. The molecular weight excluding hydrogens is 220 g/mol.